The number of rotatable bonds is 3. The minimum absolute atomic E-state index is 0.0887. The molecule has 94 valence electrons. The van der Waals surface area contributed by atoms with Gasteiger partial charge in [-0.2, -0.15) is 4.31 Å². The molecule has 1 unspecified atom stereocenters. The Hall–Kier alpha value is -1.05. The van der Waals surface area contributed by atoms with Crippen molar-refractivity contribution in [3.63, 3.8) is 0 Å². The first kappa shape index (κ1) is 12.4. The second kappa shape index (κ2) is 4.67. The lowest BCUT2D eigenvalue weighted by Gasteiger charge is -2.16. The van der Waals surface area contributed by atoms with Gasteiger partial charge in [0.25, 0.3) is 0 Å². The minimum Gasteiger partial charge on any atom is -0.316 e. The van der Waals surface area contributed by atoms with Gasteiger partial charge in [-0.05, 0) is 19.5 Å². The zero-order chi connectivity index (χ0) is 12.5. The number of sulfonamides is 1. The highest BCUT2D eigenvalue weighted by Crippen LogP contribution is 2.20. The molecule has 2 rings (SSSR count). The molecule has 1 saturated heterocycles. The van der Waals surface area contributed by atoms with Gasteiger partial charge in [-0.3, -0.25) is 4.98 Å². The fourth-order valence-corrected chi connectivity index (χ4v) is 3.34. The number of likely N-dealkylation sites (N-methyl/N-ethyl adjacent to an activating group) is 1. The summed E-state index contributed by atoms with van der Waals surface area (Å²) in [5.41, 5.74) is 0. The normalized spacial score (nSPS) is 21.9. The number of nitrogens with zero attached hydrogens (tertiary/aromatic N) is 2. The molecule has 1 aliphatic heterocycles. The van der Waals surface area contributed by atoms with Gasteiger partial charge in [0.05, 0.1) is 6.20 Å². The van der Waals surface area contributed by atoms with Crippen LogP contribution in [0.25, 0.3) is 0 Å². The van der Waals surface area contributed by atoms with E-state index in [-0.39, 0.29) is 10.9 Å². The fraction of sp³-hybridized carbons (Fsp3) is 0.500. The summed E-state index contributed by atoms with van der Waals surface area (Å²) in [6.45, 7) is 0.861. The topological polar surface area (TPSA) is 62.3 Å². The maximum absolute atomic E-state index is 13.0. The second-order valence-corrected chi connectivity index (χ2v) is 5.91. The van der Waals surface area contributed by atoms with Crippen LogP contribution in [0, 0.1) is 5.82 Å². The van der Waals surface area contributed by atoms with Crippen LogP contribution in [0.5, 0.6) is 0 Å². The van der Waals surface area contributed by atoms with Gasteiger partial charge in [0.1, 0.15) is 10.7 Å². The van der Waals surface area contributed by atoms with E-state index in [1.54, 1.807) is 7.05 Å². The largest absolute Gasteiger partial charge is 0.316 e. The smallest absolute Gasteiger partial charge is 0.244 e. The lowest BCUT2D eigenvalue weighted by atomic mass is 10.3. The third kappa shape index (κ3) is 2.46. The summed E-state index contributed by atoms with van der Waals surface area (Å²) in [7, 11) is -1.82. The van der Waals surface area contributed by atoms with Crippen molar-refractivity contribution in [3.05, 3.63) is 24.3 Å². The van der Waals surface area contributed by atoms with E-state index in [0.29, 0.717) is 13.1 Å². The zero-order valence-corrected chi connectivity index (χ0v) is 10.2. The summed E-state index contributed by atoms with van der Waals surface area (Å²) in [5, 5.41) is 3.03. The van der Waals surface area contributed by atoms with E-state index in [1.807, 2.05) is 0 Å². The molecule has 7 heteroatoms. The SMILES string of the molecule is CNC1CCN(S(=O)(=O)c2cncc(F)c2)C1. The average Bonchev–Trinajstić information content (AvgIpc) is 2.78. The van der Waals surface area contributed by atoms with Crippen molar-refractivity contribution in [3.8, 4) is 0 Å². The van der Waals surface area contributed by atoms with Crippen LogP contribution >= 0.6 is 0 Å². The van der Waals surface area contributed by atoms with Gasteiger partial charge in [-0.25, -0.2) is 12.8 Å². The highest BCUT2D eigenvalue weighted by atomic mass is 32.2. The van der Waals surface area contributed by atoms with Gasteiger partial charge >= 0.3 is 0 Å². The molecule has 1 fully saturated rings. The molecular weight excluding hydrogens is 245 g/mol. The summed E-state index contributed by atoms with van der Waals surface area (Å²) >= 11 is 0. The van der Waals surface area contributed by atoms with Crippen molar-refractivity contribution < 1.29 is 12.8 Å². The Kier molecular flexibility index (Phi) is 3.41. The summed E-state index contributed by atoms with van der Waals surface area (Å²) in [5.74, 6) is -0.643. The molecule has 1 N–H and O–H groups in total. The number of hydrogen-bond donors (Lipinski definition) is 1. The summed E-state index contributed by atoms with van der Waals surface area (Å²) in [6, 6.07) is 1.15. The Morgan fingerprint density at radius 3 is 2.88 bits per heavy atom. The molecule has 0 amide bonds. The van der Waals surface area contributed by atoms with Crippen LogP contribution in [0.15, 0.2) is 23.4 Å². The first-order valence-corrected chi connectivity index (χ1v) is 6.76. The zero-order valence-electron chi connectivity index (χ0n) is 9.43. The molecule has 1 aliphatic rings. The molecule has 0 radical (unpaired) electrons. The minimum atomic E-state index is -3.61. The van der Waals surface area contributed by atoms with Crippen molar-refractivity contribution in [2.45, 2.75) is 17.4 Å². The molecule has 0 saturated carbocycles. The fourth-order valence-electron chi connectivity index (χ4n) is 1.86. The number of nitrogens with one attached hydrogen (secondary N) is 1. The van der Waals surface area contributed by atoms with Crippen molar-refractivity contribution >= 4 is 10.0 Å². The maximum atomic E-state index is 13.0. The Bertz CT molecular complexity index is 506. The monoisotopic (exact) mass is 259 g/mol. The van der Waals surface area contributed by atoms with E-state index in [9.17, 15) is 12.8 Å². The van der Waals surface area contributed by atoms with Crippen LogP contribution < -0.4 is 5.32 Å². The number of hydrogen-bond acceptors (Lipinski definition) is 4. The number of halogens is 1. The van der Waals surface area contributed by atoms with Gasteiger partial charge in [0.15, 0.2) is 0 Å². The van der Waals surface area contributed by atoms with Crippen LogP contribution in [0.2, 0.25) is 0 Å². The van der Waals surface area contributed by atoms with Crippen molar-refractivity contribution in [1.82, 2.24) is 14.6 Å². The lowest BCUT2D eigenvalue weighted by molar-refractivity contribution is 0.463. The molecule has 0 spiro atoms. The Labute approximate surface area is 99.7 Å². The molecule has 17 heavy (non-hydrogen) atoms. The van der Waals surface area contributed by atoms with E-state index in [1.165, 1.54) is 10.5 Å². The summed E-state index contributed by atoms with van der Waals surface area (Å²) in [6.07, 6.45) is 2.92. The summed E-state index contributed by atoms with van der Waals surface area (Å²) in [4.78, 5) is 3.48. The molecule has 1 aromatic heterocycles. The van der Waals surface area contributed by atoms with E-state index in [4.69, 9.17) is 0 Å². The summed E-state index contributed by atoms with van der Waals surface area (Å²) < 4.78 is 38.6. The quantitative estimate of drug-likeness (QED) is 0.842. The van der Waals surface area contributed by atoms with Crippen LogP contribution in [0.4, 0.5) is 4.39 Å². The van der Waals surface area contributed by atoms with Crippen molar-refractivity contribution in [1.29, 1.82) is 0 Å². The third-order valence-corrected chi connectivity index (χ3v) is 4.71. The molecule has 1 aromatic rings. The maximum Gasteiger partial charge on any atom is 0.244 e. The highest BCUT2D eigenvalue weighted by Gasteiger charge is 2.32. The van der Waals surface area contributed by atoms with Crippen LogP contribution in [-0.4, -0.2) is 43.9 Å². The predicted molar refractivity (Wildman–Crippen MR) is 60.4 cm³/mol. The Balaban J connectivity index is 2.25. The third-order valence-electron chi connectivity index (χ3n) is 2.88. The van der Waals surface area contributed by atoms with Crippen molar-refractivity contribution in [2.24, 2.45) is 0 Å². The second-order valence-electron chi connectivity index (χ2n) is 3.98. The number of pyridine rings is 1. The Morgan fingerprint density at radius 2 is 2.29 bits per heavy atom. The molecule has 1 atom stereocenters. The van der Waals surface area contributed by atoms with Crippen molar-refractivity contribution in [2.75, 3.05) is 20.1 Å². The molecule has 0 bridgehead atoms. The van der Waals surface area contributed by atoms with E-state index in [0.717, 1.165) is 18.7 Å². The molecule has 5 nitrogen and oxygen atoms in total. The van der Waals surface area contributed by atoms with E-state index < -0.39 is 15.8 Å². The molecule has 2 heterocycles. The van der Waals surface area contributed by atoms with E-state index in [2.05, 4.69) is 10.3 Å². The standard InChI is InChI=1S/C10H14FN3O2S/c1-12-9-2-3-14(7-9)17(15,16)10-4-8(11)5-13-6-10/h4-6,9,12H,2-3,7H2,1H3. The first-order valence-electron chi connectivity index (χ1n) is 5.32. The van der Waals surface area contributed by atoms with Gasteiger partial charge in [-0.1, -0.05) is 0 Å². The van der Waals surface area contributed by atoms with Gasteiger partial charge in [-0.15, -0.1) is 0 Å². The van der Waals surface area contributed by atoms with Gasteiger partial charge in [0, 0.05) is 25.3 Å². The van der Waals surface area contributed by atoms with E-state index >= 15 is 0 Å². The highest BCUT2D eigenvalue weighted by molar-refractivity contribution is 7.89. The first-order chi connectivity index (χ1) is 8.04. The molecule has 0 aliphatic carbocycles. The van der Waals surface area contributed by atoms with Crippen LogP contribution in [0.1, 0.15) is 6.42 Å². The lowest BCUT2D eigenvalue weighted by Crippen LogP contribution is -2.33. The van der Waals surface area contributed by atoms with Crippen LogP contribution in [-0.2, 0) is 10.0 Å². The van der Waals surface area contributed by atoms with Gasteiger partial charge < -0.3 is 5.32 Å². The average molecular weight is 259 g/mol. The predicted octanol–water partition coefficient (Wildman–Crippen LogP) is 0.203. The Morgan fingerprint density at radius 1 is 1.53 bits per heavy atom. The molecular formula is C10H14FN3O2S. The van der Waals surface area contributed by atoms with Crippen LogP contribution in [0.3, 0.4) is 0 Å². The van der Waals surface area contributed by atoms with Gasteiger partial charge in [0.2, 0.25) is 10.0 Å². The number of aromatic nitrogens is 1. The molecule has 0 aromatic carbocycles.